The number of aryl methyl sites for hydroxylation is 1. The van der Waals surface area contributed by atoms with Crippen LogP contribution >= 0.6 is 11.8 Å². The van der Waals surface area contributed by atoms with Gasteiger partial charge in [-0.2, -0.15) is 5.10 Å². The zero-order chi connectivity index (χ0) is 20.8. The molecule has 0 fully saturated rings. The third-order valence-electron chi connectivity index (χ3n) is 4.06. The number of nitrogens with zero attached hydrogens (tertiary/aromatic N) is 3. The van der Waals surface area contributed by atoms with Gasteiger partial charge in [-0.15, -0.1) is 0 Å². The smallest absolute Gasteiger partial charge is 0.269 e. The van der Waals surface area contributed by atoms with Crippen molar-refractivity contribution in [3.8, 4) is 5.75 Å². The first kappa shape index (κ1) is 20.3. The summed E-state index contributed by atoms with van der Waals surface area (Å²) in [4.78, 5) is 26.7. The molecule has 148 valence electrons. The summed E-state index contributed by atoms with van der Waals surface area (Å²) >= 11 is 1.32. The maximum Gasteiger partial charge on any atom is 0.269 e. The Morgan fingerprint density at radius 3 is 2.72 bits per heavy atom. The lowest BCUT2D eigenvalue weighted by atomic mass is 10.1. The number of nitrogens with one attached hydrogen (secondary N) is 1. The van der Waals surface area contributed by atoms with Gasteiger partial charge in [0.2, 0.25) is 5.91 Å². The van der Waals surface area contributed by atoms with E-state index in [1.807, 2.05) is 31.2 Å². The maximum atomic E-state index is 12.0. The predicted molar refractivity (Wildman–Crippen MR) is 113 cm³/mol. The number of methoxy groups -OCH3 is 1. The Bertz CT molecular complexity index is 1080. The van der Waals surface area contributed by atoms with Crippen LogP contribution in [0.2, 0.25) is 0 Å². The summed E-state index contributed by atoms with van der Waals surface area (Å²) < 4.78 is 5.24. The molecule has 0 aliphatic heterocycles. The van der Waals surface area contributed by atoms with Crippen molar-refractivity contribution in [1.82, 2.24) is 10.4 Å². The number of nitro groups is 1. The lowest BCUT2D eigenvalue weighted by molar-refractivity contribution is -0.384. The van der Waals surface area contributed by atoms with Crippen molar-refractivity contribution in [2.24, 2.45) is 5.10 Å². The van der Waals surface area contributed by atoms with E-state index in [9.17, 15) is 14.9 Å². The number of carbonyl (C=O) groups is 1. The number of carbonyl (C=O) groups excluding carboxylic acids is 1. The molecular formula is C20H18N4O4S. The molecule has 0 saturated carbocycles. The predicted octanol–water partition coefficient (Wildman–Crippen LogP) is 3.70. The minimum atomic E-state index is -0.473. The van der Waals surface area contributed by atoms with Crippen molar-refractivity contribution < 1.29 is 14.5 Å². The van der Waals surface area contributed by atoms with Gasteiger partial charge in [-0.3, -0.25) is 14.9 Å². The van der Waals surface area contributed by atoms with Gasteiger partial charge in [-0.05, 0) is 54.4 Å². The summed E-state index contributed by atoms with van der Waals surface area (Å²) in [6.07, 6.45) is 1.43. The number of non-ortho nitro benzene ring substituents is 1. The quantitative estimate of drug-likeness (QED) is 0.275. The molecule has 1 amide bonds. The Balaban J connectivity index is 1.57. The van der Waals surface area contributed by atoms with Gasteiger partial charge in [-0.1, -0.05) is 11.8 Å². The largest absolute Gasteiger partial charge is 0.497 e. The summed E-state index contributed by atoms with van der Waals surface area (Å²) in [5, 5.41) is 16.3. The molecule has 0 aliphatic carbocycles. The molecule has 1 aromatic heterocycles. The van der Waals surface area contributed by atoms with Crippen LogP contribution in [0.25, 0.3) is 10.9 Å². The zero-order valence-corrected chi connectivity index (χ0v) is 16.6. The Morgan fingerprint density at radius 1 is 1.28 bits per heavy atom. The van der Waals surface area contributed by atoms with E-state index in [-0.39, 0.29) is 17.3 Å². The molecule has 1 heterocycles. The molecular weight excluding hydrogens is 392 g/mol. The fourth-order valence-corrected chi connectivity index (χ4v) is 3.34. The molecule has 2 aromatic carbocycles. The average Bonchev–Trinajstić information content (AvgIpc) is 2.72. The van der Waals surface area contributed by atoms with E-state index >= 15 is 0 Å². The number of benzene rings is 2. The van der Waals surface area contributed by atoms with Crippen LogP contribution in [0.15, 0.2) is 58.7 Å². The van der Waals surface area contributed by atoms with E-state index in [1.54, 1.807) is 19.2 Å². The molecule has 3 aromatic rings. The first-order chi connectivity index (χ1) is 14.0. The summed E-state index contributed by atoms with van der Waals surface area (Å²) in [6.45, 7) is 1.99. The molecule has 3 rings (SSSR count). The number of hydrogen-bond donors (Lipinski definition) is 1. The molecule has 0 unspecified atom stereocenters. The van der Waals surface area contributed by atoms with Crippen LogP contribution in [0.4, 0.5) is 5.69 Å². The van der Waals surface area contributed by atoms with Gasteiger partial charge in [0.05, 0.1) is 34.5 Å². The van der Waals surface area contributed by atoms with Crippen LogP contribution < -0.4 is 10.2 Å². The first-order valence-electron chi connectivity index (χ1n) is 8.61. The molecule has 0 aliphatic rings. The highest BCUT2D eigenvalue weighted by Gasteiger charge is 2.08. The number of hydrazone groups is 1. The zero-order valence-electron chi connectivity index (χ0n) is 15.8. The first-order valence-corrected chi connectivity index (χ1v) is 9.59. The lowest BCUT2D eigenvalue weighted by Gasteiger charge is -2.07. The molecule has 0 bridgehead atoms. The van der Waals surface area contributed by atoms with Crippen molar-refractivity contribution in [3.05, 3.63) is 69.8 Å². The number of thioether (sulfide) groups is 1. The second-order valence-electron chi connectivity index (χ2n) is 6.09. The second kappa shape index (κ2) is 9.16. The van der Waals surface area contributed by atoms with Crippen LogP contribution in [-0.2, 0) is 4.79 Å². The van der Waals surface area contributed by atoms with E-state index in [2.05, 4.69) is 15.5 Å². The summed E-state index contributed by atoms with van der Waals surface area (Å²) in [6, 6.07) is 13.5. The number of rotatable bonds is 7. The minimum absolute atomic E-state index is 0.000733. The summed E-state index contributed by atoms with van der Waals surface area (Å²) in [5.74, 6) is 0.654. The van der Waals surface area contributed by atoms with Crippen LogP contribution in [0, 0.1) is 17.0 Å². The van der Waals surface area contributed by atoms with E-state index < -0.39 is 4.92 Å². The van der Waals surface area contributed by atoms with Gasteiger partial charge < -0.3 is 4.74 Å². The van der Waals surface area contributed by atoms with Gasteiger partial charge in [-0.25, -0.2) is 10.4 Å². The number of nitro benzene ring substituents is 1. The number of fused-ring (bicyclic) bond motifs is 1. The number of ether oxygens (including phenoxy) is 1. The van der Waals surface area contributed by atoms with E-state index in [4.69, 9.17) is 4.74 Å². The average molecular weight is 410 g/mol. The Morgan fingerprint density at radius 2 is 2.03 bits per heavy atom. The monoisotopic (exact) mass is 410 g/mol. The SMILES string of the molecule is COc1ccc2nc(SCC(=O)N/N=C/c3ccc([N+](=O)[O-])cc3)cc(C)c2c1. The molecule has 1 N–H and O–H groups in total. The number of pyridine rings is 1. The highest BCUT2D eigenvalue weighted by Crippen LogP contribution is 2.26. The molecule has 0 saturated heterocycles. The Hall–Kier alpha value is -3.46. The fourth-order valence-electron chi connectivity index (χ4n) is 2.58. The van der Waals surface area contributed by atoms with Gasteiger partial charge in [0.1, 0.15) is 5.75 Å². The summed E-state index contributed by atoms with van der Waals surface area (Å²) in [7, 11) is 1.62. The topological polar surface area (TPSA) is 107 Å². The van der Waals surface area contributed by atoms with Crippen molar-refractivity contribution >= 4 is 40.5 Å². The van der Waals surface area contributed by atoms with Gasteiger partial charge >= 0.3 is 0 Å². The van der Waals surface area contributed by atoms with Crippen molar-refractivity contribution in [2.75, 3.05) is 12.9 Å². The van der Waals surface area contributed by atoms with Crippen LogP contribution in [0.5, 0.6) is 5.75 Å². The highest BCUT2D eigenvalue weighted by molar-refractivity contribution is 7.99. The van der Waals surface area contributed by atoms with E-state index in [0.29, 0.717) is 5.56 Å². The standard InChI is InChI=1S/C20H18N4O4S/c1-13-9-20(22-18-8-7-16(28-2)10-17(13)18)29-12-19(25)23-21-11-14-3-5-15(6-4-14)24(26)27/h3-11H,12H2,1-2H3,(H,23,25)/b21-11+. The van der Waals surface area contributed by atoms with Crippen molar-refractivity contribution in [3.63, 3.8) is 0 Å². The minimum Gasteiger partial charge on any atom is -0.497 e. The molecule has 0 spiro atoms. The molecule has 0 radical (unpaired) electrons. The Labute approximate surface area is 171 Å². The number of aromatic nitrogens is 1. The van der Waals surface area contributed by atoms with Gasteiger partial charge in [0, 0.05) is 17.5 Å². The van der Waals surface area contributed by atoms with Crippen LogP contribution in [0.1, 0.15) is 11.1 Å². The van der Waals surface area contributed by atoms with Crippen LogP contribution in [0.3, 0.4) is 0 Å². The summed E-state index contributed by atoms with van der Waals surface area (Å²) in [5.41, 5.74) is 4.97. The molecule has 9 heteroatoms. The van der Waals surface area contributed by atoms with Gasteiger partial charge in [0.25, 0.3) is 5.69 Å². The van der Waals surface area contributed by atoms with Crippen LogP contribution in [-0.4, -0.2) is 34.9 Å². The highest BCUT2D eigenvalue weighted by atomic mass is 32.2. The third-order valence-corrected chi connectivity index (χ3v) is 4.97. The normalized spacial score (nSPS) is 11.0. The van der Waals surface area contributed by atoms with Crippen molar-refractivity contribution in [1.29, 1.82) is 0 Å². The third kappa shape index (κ3) is 5.29. The number of amides is 1. The number of hydrogen-bond acceptors (Lipinski definition) is 7. The second-order valence-corrected chi connectivity index (χ2v) is 7.09. The molecule has 29 heavy (non-hydrogen) atoms. The van der Waals surface area contributed by atoms with E-state index in [1.165, 1.54) is 30.1 Å². The van der Waals surface area contributed by atoms with Crippen molar-refractivity contribution in [2.45, 2.75) is 11.9 Å². The molecule has 8 nitrogen and oxygen atoms in total. The van der Waals surface area contributed by atoms with Gasteiger partial charge in [0.15, 0.2) is 0 Å². The Kier molecular flexibility index (Phi) is 6.40. The fraction of sp³-hybridized carbons (Fsp3) is 0.150. The lowest BCUT2D eigenvalue weighted by Crippen LogP contribution is -2.19. The maximum absolute atomic E-state index is 12.0. The molecule has 0 atom stereocenters. The van der Waals surface area contributed by atoms with E-state index in [0.717, 1.165) is 27.2 Å².